The van der Waals surface area contributed by atoms with Crippen molar-refractivity contribution in [2.75, 3.05) is 10.2 Å². The molecule has 0 spiro atoms. The third-order valence-corrected chi connectivity index (χ3v) is 3.54. The highest BCUT2D eigenvalue weighted by molar-refractivity contribution is 6.09. The number of nitrogens with one attached hydrogen (secondary N) is 2. The largest absolute Gasteiger partial charge is 0.346 e. The van der Waals surface area contributed by atoms with Crippen molar-refractivity contribution in [1.29, 1.82) is 0 Å². The summed E-state index contributed by atoms with van der Waals surface area (Å²) in [6.45, 7) is 4.53. The van der Waals surface area contributed by atoms with Gasteiger partial charge in [0, 0.05) is 29.0 Å². The minimum Gasteiger partial charge on any atom is -0.346 e. The van der Waals surface area contributed by atoms with Crippen LogP contribution in [0.15, 0.2) is 48.8 Å². The number of carbonyl (C=O) groups is 1. The predicted octanol–water partition coefficient (Wildman–Crippen LogP) is 4.14. The Labute approximate surface area is 129 Å². The van der Waals surface area contributed by atoms with E-state index in [9.17, 15) is 4.79 Å². The van der Waals surface area contributed by atoms with Gasteiger partial charge in [-0.25, -0.2) is 9.78 Å². The van der Waals surface area contributed by atoms with Crippen LogP contribution in [0.4, 0.5) is 16.2 Å². The van der Waals surface area contributed by atoms with E-state index in [4.69, 9.17) is 0 Å². The van der Waals surface area contributed by atoms with Crippen molar-refractivity contribution >= 4 is 28.4 Å². The van der Waals surface area contributed by atoms with Crippen LogP contribution in [-0.4, -0.2) is 16.0 Å². The molecule has 5 nitrogen and oxygen atoms in total. The molecule has 0 aliphatic carbocycles. The minimum absolute atomic E-state index is 0.114. The van der Waals surface area contributed by atoms with E-state index >= 15 is 0 Å². The quantitative estimate of drug-likeness (QED) is 0.708. The summed E-state index contributed by atoms with van der Waals surface area (Å²) in [7, 11) is 0. The van der Waals surface area contributed by atoms with E-state index in [0.717, 1.165) is 28.0 Å². The standard InChI is InChI=1S/C15H12N4O.C2H6/c20-15-18-13-10(8-17-14-12(13)6-7-16-14)9-19(15)11-4-2-1-3-5-11;1-2/h1-8H,9H2,(H,16,17)(H,18,20);1-2H3. The number of para-hydroxylation sites is 1. The molecule has 5 heteroatoms. The van der Waals surface area contributed by atoms with E-state index in [2.05, 4.69) is 15.3 Å². The van der Waals surface area contributed by atoms with Crippen molar-refractivity contribution in [2.24, 2.45) is 0 Å². The summed E-state index contributed by atoms with van der Waals surface area (Å²) in [5, 5.41) is 3.91. The van der Waals surface area contributed by atoms with Crippen LogP contribution in [0.3, 0.4) is 0 Å². The first-order valence-corrected chi connectivity index (χ1v) is 7.41. The van der Waals surface area contributed by atoms with Gasteiger partial charge in [0.15, 0.2) is 0 Å². The Balaban J connectivity index is 0.000000693. The van der Waals surface area contributed by atoms with Gasteiger partial charge < -0.3 is 10.3 Å². The summed E-state index contributed by atoms with van der Waals surface area (Å²) < 4.78 is 0. The number of benzene rings is 1. The van der Waals surface area contributed by atoms with Gasteiger partial charge >= 0.3 is 6.03 Å². The lowest BCUT2D eigenvalue weighted by atomic mass is 10.1. The van der Waals surface area contributed by atoms with Crippen molar-refractivity contribution in [3.8, 4) is 0 Å². The molecule has 3 heterocycles. The summed E-state index contributed by atoms with van der Waals surface area (Å²) in [6.07, 6.45) is 3.64. The van der Waals surface area contributed by atoms with Crippen molar-refractivity contribution in [2.45, 2.75) is 20.4 Å². The normalized spacial score (nSPS) is 13.2. The molecule has 0 saturated heterocycles. The molecule has 0 fully saturated rings. The van der Waals surface area contributed by atoms with Gasteiger partial charge in [0.25, 0.3) is 0 Å². The van der Waals surface area contributed by atoms with E-state index in [-0.39, 0.29) is 6.03 Å². The van der Waals surface area contributed by atoms with Crippen LogP contribution >= 0.6 is 0 Å². The van der Waals surface area contributed by atoms with Crippen molar-refractivity contribution in [1.82, 2.24) is 9.97 Å². The highest BCUT2D eigenvalue weighted by Gasteiger charge is 2.25. The fourth-order valence-corrected chi connectivity index (χ4v) is 2.55. The fourth-order valence-electron chi connectivity index (χ4n) is 2.55. The monoisotopic (exact) mass is 294 g/mol. The molecule has 22 heavy (non-hydrogen) atoms. The molecule has 4 rings (SSSR count). The topological polar surface area (TPSA) is 61.0 Å². The number of aromatic nitrogens is 2. The maximum absolute atomic E-state index is 12.3. The Bertz CT molecular complexity index is 795. The van der Waals surface area contributed by atoms with Crippen LogP contribution in [0.25, 0.3) is 11.0 Å². The Morgan fingerprint density at radius 3 is 2.68 bits per heavy atom. The van der Waals surface area contributed by atoms with Gasteiger partial charge in [-0.05, 0) is 18.2 Å². The molecule has 0 radical (unpaired) electrons. The molecule has 0 saturated carbocycles. The first kappa shape index (κ1) is 14.1. The van der Waals surface area contributed by atoms with Crippen molar-refractivity contribution < 1.29 is 4.79 Å². The summed E-state index contributed by atoms with van der Waals surface area (Å²) in [5.41, 5.74) is 3.54. The van der Waals surface area contributed by atoms with Gasteiger partial charge in [-0.3, -0.25) is 4.90 Å². The maximum Gasteiger partial charge on any atom is 0.326 e. The Kier molecular flexibility index (Phi) is 3.78. The summed E-state index contributed by atoms with van der Waals surface area (Å²) >= 11 is 0. The number of aromatic amines is 1. The molecule has 1 aliphatic heterocycles. The average molecular weight is 294 g/mol. The zero-order valence-corrected chi connectivity index (χ0v) is 12.6. The lowest BCUT2D eigenvalue weighted by Gasteiger charge is -2.29. The Hall–Kier alpha value is -2.82. The SMILES string of the molecule is CC.O=C1Nc2c(cnc3[nH]ccc23)CN1c1ccccc1. The number of hydrogen-bond acceptors (Lipinski definition) is 2. The first-order valence-electron chi connectivity index (χ1n) is 7.41. The highest BCUT2D eigenvalue weighted by atomic mass is 16.2. The number of hydrogen-bond donors (Lipinski definition) is 2. The smallest absolute Gasteiger partial charge is 0.326 e. The minimum atomic E-state index is -0.114. The van der Waals surface area contributed by atoms with Crippen LogP contribution in [0, 0.1) is 0 Å². The molecule has 112 valence electrons. The van der Waals surface area contributed by atoms with Crippen molar-refractivity contribution in [3.05, 3.63) is 54.4 Å². The molecule has 1 aliphatic rings. The number of carbonyl (C=O) groups excluding carboxylic acids is 1. The zero-order valence-electron chi connectivity index (χ0n) is 12.6. The van der Waals surface area contributed by atoms with Crippen LogP contribution in [0.1, 0.15) is 19.4 Å². The molecule has 0 bridgehead atoms. The zero-order chi connectivity index (χ0) is 15.5. The maximum atomic E-state index is 12.3. The summed E-state index contributed by atoms with van der Waals surface area (Å²) in [4.78, 5) is 21.4. The van der Waals surface area contributed by atoms with E-state index in [0.29, 0.717) is 6.54 Å². The molecule has 2 amide bonds. The van der Waals surface area contributed by atoms with E-state index in [1.165, 1.54) is 0 Å². The summed E-state index contributed by atoms with van der Waals surface area (Å²) in [5.74, 6) is 0. The first-order chi connectivity index (χ1) is 10.8. The van der Waals surface area contributed by atoms with E-state index < -0.39 is 0 Å². The Morgan fingerprint density at radius 1 is 1.14 bits per heavy atom. The molecule has 0 unspecified atom stereocenters. The second-order valence-electron chi connectivity index (χ2n) is 4.75. The van der Waals surface area contributed by atoms with Crippen LogP contribution in [0.2, 0.25) is 0 Å². The predicted molar refractivity (Wildman–Crippen MR) is 89.1 cm³/mol. The van der Waals surface area contributed by atoms with Crippen LogP contribution in [-0.2, 0) is 6.54 Å². The lowest BCUT2D eigenvalue weighted by molar-refractivity contribution is 0.256. The van der Waals surface area contributed by atoms with E-state index in [1.807, 2.05) is 62.6 Å². The fraction of sp³-hybridized carbons (Fsp3) is 0.176. The third-order valence-electron chi connectivity index (χ3n) is 3.54. The molecule has 1 aromatic carbocycles. The number of nitrogens with zero attached hydrogens (tertiary/aromatic N) is 2. The highest BCUT2D eigenvalue weighted by Crippen LogP contribution is 2.31. The average Bonchev–Trinajstić information content (AvgIpc) is 3.06. The van der Waals surface area contributed by atoms with E-state index in [1.54, 1.807) is 4.90 Å². The number of amides is 2. The molecule has 2 aromatic heterocycles. The molecule has 0 atom stereocenters. The van der Waals surface area contributed by atoms with Gasteiger partial charge in [-0.2, -0.15) is 0 Å². The van der Waals surface area contributed by atoms with Crippen molar-refractivity contribution in [3.63, 3.8) is 0 Å². The van der Waals surface area contributed by atoms with Gasteiger partial charge in [-0.1, -0.05) is 32.0 Å². The number of rotatable bonds is 1. The van der Waals surface area contributed by atoms with Crippen LogP contribution in [0.5, 0.6) is 0 Å². The number of pyridine rings is 1. The van der Waals surface area contributed by atoms with Gasteiger partial charge in [-0.15, -0.1) is 0 Å². The van der Waals surface area contributed by atoms with Crippen LogP contribution < -0.4 is 10.2 Å². The molecular formula is C17H18N4O. The molecular weight excluding hydrogens is 276 g/mol. The third kappa shape index (κ3) is 2.30. The number of urea groups is 1. The summed E-state index contributed by atoms with van der Waals surface area (Å²) in [6, 6.07) is 11.4. The second-order valence-corrected chi connectivity index (χ2v) is 4.75. The molecule has 2 N–H and O–H groups in total. The molecule has 3 aromatic rings. The second kappa shape index (κ2) is 5.89. The van der Waals surface area contributed by atoms with Gasteiger partial charge in [0.1, 0.15) is 5.65 Å². The number of fused-ring (bicyclic) bond motifs is 3. The number of H-pyrrole nitrogens is 1. The lowest BCUT2D eigenvalue weighted by Crippen LogP contribution is -2.38. The Morgan fingerprint density at radius 2 is 1.91 bits per heavy atom. The number of anilines is 2. The van der Waals surface area contributed by atoms with Gasteiger partial charge in [0.05, 0.1) is 12.2 Å². The van der Waals surface area contributed by atoms with Gasteiger partial charge in [0.2, 0.25) is 0 Å².